The largest absolute Gasteiger partial charge is 0.439 e. The van der Waals surface area contributed by atoms with Crippen LogP contribution >= 0.6 is 0 Å². The lowest BCUT2D eigenvalue weighted by Crippen LogP contribution is -2.36. The van der Waals surface area contributed by atoms with Gasteiger partial charge < -0.3 is 14.4 Å². The van der Waals surface area contributed by atoms with Gasteiger partial charge in [-0.05, 0) is 53.4 Å². The maximum atomic E-state index is 13.2. The third kappa shape index (κ3) is 4.57. The van der Waals surface area contributed by atoms with Crippen LogP contribution < -0.4 is 4.90 Å². The van der Waals surface area contributed by atoms with Crippen molar-refractivity contribution in [3.63, 3.8) is 0 Å². The number of morpholine rings is 1. The Hall–Kier alpha value is -3.38. The van der Waals surface area contributed by atoms with Crippen LogP contribution in [0.15, 0.2) is 72.8 Å². The highest BCUT2D eigenvalue weighted by atomic mass is 19.1. The first kappa shape index (κ1) is 21.5. The Kier molecular flexibility index (Phi) is 6.01. The number of benzene rings is 3. The standard InChI is InChI=1S/C27H27FN2O3/c1-19(30-18-26(33-27(30)31)22-9-11-24(28)12-10-22)20-5-7-21(8-6-20)23-3-2-4-25(17-23)29-13-15-32-16-14-29/h2-12,17,19,26H,13-16,18H2,1H3. The fourth-order valence-corrected chi connectivity index (χ4v) is 4.48. The first-order valence-electron chi connectivity index (χ1n) is 11.3. The number of hydrogen-bond acceptors (Lipinski definition) is 4. The SMILES string of the molecule is CC(c1ccc(-c2cccc(N3CCOCC3)c2)cc1)N1CC(c2ccc(F)cc2)OC1=O. The van der Waals surface area contributed by atoms with Gasteiger partial charge in [0.05, 0.1) is 25.8 Å². The molecule has 5 rings (SSSR count). The number of carbonyl (C=O) groups excluding carboxylic acids is 1. The van der Waals surface area contributed by atoms with Crippen LogP contribution in [0.3, 0.4) is 0 Å². The summed E-state index contributed by atoms with van der Waals surface area (Å²) in [5.41, 5.74) is 5.35. The van der Waals surface area contributed by atoms with Crippen LogP contribution in [0.2, 0.25) is 0 Å². The van der Waals surface area contributed by atoms with Crippen molar-refractivity contribution in [2.45, 2.75) is 19.1 Å². The van der Waals surface area contributed by atoms with E-state index in [9.17, 15) is 9.18 Å². The summed E-state index contributed by atoms with van der Waals surface area (Å²) in [5.74, 6) is -0.302. The molecular weight excluding hydrogens is 419 g/mol. The molecule has 0 aromatic heterocycles. The quantitative estimate of drug-likeness (QED) is 0.513. The molecule has 3 aromatic rings. The van der Waals surface area contributed by atoms with E-state index in [1.807, 2.05) is 6.92 Å². The van der Waals surface area contributed by atoms with Crippen LogP contribution in [0.5, 0.6) is 0 Å². The summed E-state index contributed by atoms with van der Waals surface area (Å²) >= 11 is 0. The maximum absolute atomic E-state index is 13.2. The summed E-state index contributed by atoms with van der Waals surface area (Å²) in [6, 6.07) is 22.9. The molecule has 2 unspecified atom stereocenters. The van der Waals surface area contributed by atoms with Crippen molar-refractivity contribution in [1.29, 1.82) is 0 Å². The van der Waals surface area contributed by atoms with Gasteiger partial charge in [0, 0.05) is 18.8 Å². The minimum absolute atomic E-state index is 0.128. The zero-order valence-electron chi connectivity index (χ0n) is 18.6. The van der Waals surface area contributed by atoms with Crippen LogP contribution in [0, 0.1) is 5.82 Å². The highest BCUT2D eigenvalue weighted by Gasteiger charge is 2.35. The lowest BCUT2D eigenvalue weighted by Gasteiger charge is -2.29. The molecule has 2 aliphatic rings. The highest BCUT2D eigenvalue weighted by molar-refractivity contribution is 5.72. The Morgan fingerprint density at radius 1 is 0.939 bits per heavy atom. The van der Waals surface area contributed by atoms with Crippen LogP contribution in [0.1, 0.15) is 30.2 Å². The van der Waals surface area contributed by atoms with Gasteiger partial charge in [0.25, 0.3) is 0 Å². The van der Waals surface area contributed by atoms with Crippen molar-refractivity contribution in [2.75, 3.05) is 37.7 Å². The third-order valence-corrected chi connectivity index (χ3v) is 6.50. The van der Waals surface area contributed by atoms with E-state index in [1.165, 1.54) is 17.8 Å². The van der Waals surface area contributed by atoms with Gasteiger partial charge in [-0.25, -0.2) is 9.18 Å². The molecular formula is C27H27FN2O3. The molecule has 5 nitrogen and oxygen atoms in total. The Bertz CT molecular complexity index is 1110. The molecule has 0 aliphatic carbocycles. The number of carbonyl (C=O) groups is 1. The highest BCUT2D eigenvalue weighted by Crippen LogP contribution is 2.33. The molecule has 0 radical (unpaired) electrons. The van der Waals surface area contributed by atoms with E-state index in [0.29, 0.717) is 6.54 Å². The normalized spacial score (nSPS) is 19.5. The molecule has 170 valence electrons. The summed E-state index contributed by atoms with van der Waals surface area (Å²) in [7, 11) is 0. The summed E-state index contributed by atoms with van der Waals surface area (Å²) in [4.78, 5) is 16.6. The minimum atomic E-state index is -0.386. The number of anilines is 1. The van der Waals surface area contributed by atoms with E-state index in [4.69, 9.17) is 9.47 Å². The Morgan fingerprint density at radius 3 is 2.39 bits per heavy atom. The van der Waals surface area contributed by atoms with Crippen molar-refractivity contribution in [3.05, 3.63) is 89.7 Å². The number of nitrogens with zero attached hydrogens (tertiary/aromatic N) is 2. The molecule has 2 saturated heterocycles. The number of amides is 1. The fraction of sp³-hybridized carbons (Fsp3) is 0.296. The van der Waals surface area contributed by atoms with Crippen LogP contribution in [-0.2, 0) is 9.47 Å². The Balaban J connectivity index is 1.29. The molecule has 2 atom stereocenters. The van der Waals surface area contributed by atoms with Crippen molar-refractivity contribution in [3.8, 4) is 11.1 Å². The zero-order valence-corrected chi connectivity index (χ0v) is 18.6. The van der Waals surface area contributed by atoms with E-state index < -0.39 is 0 Å². The molecule has 2 aliphatic heterocycles. The predicted octanol–water partition coefficient (Wildman–Crippen LogP) is 5.58. The summed E-state index contributed by atoms with van der Waals surface area (Å²) in [5, 5.41) is 0. The summed E-state index contributed by atoms with van der Waals surface area (Å²) in [6.07, 6.45) is -0.734. The number of hydrogen-bond donors (Lipinski definition) is 0. The third-order valence-electron chi connectivity index (χ3n) is 6.50. The topological polar surface area (TPSA) is 42.0 Å². The Morgan fingerprint density at radius 2 is 1.67 bits per heavy atom. The molecule has 33 heavy (non-hydrogen) atoms. The first-order valence-corrected chi connectivity index (χ1v) is 11.3. The van der Waals surface area contributed by atoms with Gasteiger partial charge in [0.1, 0.15) is 11.9 Å². The maximum Gasteiger partial charge on any atom is 0.411 e. The minimum Gasteiger partial charge on any atom is -0.439 e. The van der Waals surface area contributed by atoms with E-state index in [0.717, 1.165) is 48.6 Å². The van der Waals surface area contributed by atoms with E-state index in [2.05, 4.69) is 53.4 Å². The number of halogens is 1. The molecule has 2 heterocycles. The smallest absolute Gasteiger partial charge is 0.411 e. The van der Waals surface area contributed by atoms with Crippen LogP contribution in [0.25, 0.3) is 11.1 Å². The van der Waals surface area contributed by atoms with Crippen LogP contribution in [-0.4, -0.2) is 43.8 Å². The van der Waals surface area contributed by atoms with Crippen molar-refractivity contribution < 1.29 is 18.7 Å². The predicted molar refractivity (Wildman–Crippen MR) is 126 cm³/mol. The molecule has 0 bridgehead atoms. The summed E-state index contributed by atoms with van der Waals surface area (Å²) < 4.78 is 24.2. The second-order valence-corrected chi connectivity index (χ2v) is 8.52. The first-order chi connectivity index (χ1) is 16.1. The van der Waals surface area contributed by atoms with Crippen LogP contribution in [0.4, 0.5) is 14.9 Å². The molecule has 0 spiro atoms. The lowest BCUT2D eigenvalue weighted by molar-refractivity contribution is 0.122. The number of ether oxygens (including phenoxy) is 2. The monoisotopic (exact) mass is 446 g/mol. The van der Waals surface area contributed by atoms with Gasteiger partial charge >= 0.3 is 6.09 Å². The van der Waals surface area contributed by atoms with Crippen molar-refractivity contribution in [2.24, 2.45) is 0 Å². The molecule has 3 aromatic carbocycles. The second kappa shape index (κ2) is 9.24. The van der Waals surface area contributed by atoms with Gasteiger partial charge in [0.2, 0.25) is 0 Å². The fourth-order valence-electron chi connectivity index (χ4n) is 4.48. The van der Waals surface area contributed by atoms with Gasteiger partial charge in [-0.15, -0.1) is 0 Å². The van der Waals surface area contributed by atoms with Gasteiger partial charge in [-0.1, -0.05) is 48.5 Å². The van der Waals surface area contributed by atoms with E-state index >= 15 is 0 Å². The Labute approximate surface area is 193 Å². The summed E-state index contributed by atoms with van der Waals surface area (Å²) in [6.45, 7) is 5.78. The molecule has 0 N–H and O–H groups in total. The van der Waals surface area contributed by atoms with E-state index in [-0.39, 0.29) is 24.1 Å². The lowest BCUT2D eigenvalue weighted by atomic mass is 10.00. The molecule has 0 saturated carbocycles. The van der Waals surface area contributed by atoms with Gasteiger partial charge in [-0.3, -0.25) is 4.90 Å². The van der Waals surface area contributed by atoms with E-state index in [1.54, 1.807) is 17.0 Å². The second-order valence-electron chi connectivity index (χ2n) is 8.52. The number of cyclic esters (lactones) is 1. The van der Waals surface area contributed by atoms with Gasteiger partial charge in [0.15, 0.2) is 0 Å². The van der Waals surface area contributed by atoms with Crippen molar-refractivity contribution in [1.82, 2.24) is 4.90 Å². The molecule has 2 fully saturated rings. The number of rotatable bonds is 5. The molecule has 6 heteroatoms. The molecule has 1 amide bonds. The van der Waals surface area contributed by atoms with Gasteiger partial charge in [-0.2, -0.15) is 0 Å². The average Bonchev–Trinajstić information content (AvgIpc) is 3.26. The van der Waals surface area contributed by atoms with Crippen molar-refractivity contribution >= 4 is 11.8 Å². The average molecular weight is 447 g/mol. The zero-order chi connectivity index (χ0) is 22.8.